The van der Waals surface area contributed by atoms with Gasteiger partial charge in [0.25, 0.3) is 0 Å². The number of piperidine rings is 1. The van der Waals surface area contributed by atoms with Crippen LogP contribution in [-0.4, -0.2) is 18.1 Å². The van der Waals surface area contributed by atoms with Crippen molar-refractivity contribution < 1.29 is 0 Å². The summed E-state index contributed by atoms with van der Waals surface area (Å²) in [5.41, 5.74) is 1.24. The van der Waals surface area contributed by atoms with Crippen molar-refractivity contribution in [3.8, 4) is 0 Å². The molecule has 1 fully saturated rings. The molecule has 15 heavy (non-hydrogen) atoms. The van der Waals surface area contributed by atoms with E-state index in [1.165, 1.54) is 44.5 Å². The average molecular weight is 204 g/mol. The first-order valence-corrected chi connectivity index (χ1v) is 6.06. The lowest BCUT2D eigenvalue weighted by Crippen LogP contribution is -2.29. The molecule has 1 aromatic rings. The van der Waals surface area contributed by atoms with Gasteiger partial charge in [-0.2, -0.15) is 0 Å². The maximum atomic E-state index is 4.35. The Bertz CT molecular complexity index is 265. The van der Waals surface area contributed by atoms with Gasteiger partial charge in [0.15, 0.2) is 0 Å². The lowest BCUT2D eigenvalue weighted by atomic mass is 9.93. The molecule has 0 saturated carbocycles. The quantitative estimate of drug-likeness (QED) is 0.814. The highest BCUT2D eigenvalue weighted by molar-refractivity contribution is 5.03. The Kier molecular flexibility index (Phi) is 4.15. The van der Waals surface area contributed by atoms with Gasteiger partial charge < -0.3 is 5.32 Å². The summed E-state index contributed by atoms with van der Waals surface area (Å²) < 4.78 is 0. The third kappa shape index (κ3) is 3.63. The second kappa shape index (κ2) is 5.86. The number of hydrogen-bond acceptors (Lipinski definition) is 2. The molecule has 0 radical (unpaired) electrons. The highest BCUT2D eigenvalue weighted by Crippen LogP contribution is 2.16. The predicted molar refractivity (Wildman–Crippen MR) is 62.8 cm³/mol. The van der Waals surface area contributed by atoms with E-state index in [1.807, 2.05) is 12.3 Å². The molecule has 1 saturated heterocycles. The molecule has 0 bridgehead atoms. The first-order chi connectivity index (χ1) is 7.45. The van der Waals surface area contributed by atoms with Crippen LogP contribution in [0.2, 0.25) is 0 Å². The van der Waals surface area contributed by atoms with Crippen LogP contribution in [0.15, 0.2) is 24.4 Å². The number of pyridine rings is 1. The fraction of sp³-hybridized carbons (Fsp3) is 0.615. The Morgan fingerprint density at radius 2 is 2.40 bits per heavy atom. The molecule has 1 unspecified atom stereocenters. The van der Waals surface area contributed by atoms with E-state index in [9.17, 15) is 0 Å². The third-order valence-electron chi connectivity index (χ3n) is 3.17. The summed E-state index contributed by atoms with van der Waals surface area (Å²) in [4.78, 5) is 4.35. The van der Waals surface area contributed by atoms with Crippen LogP contribution in [0.4, 0.5) is 0 Å². The van der Waals surface area contributed by atoms with Crippen molar-refractivity contribution in [1.29, 1.82) is 0 Å². The van der Waals surface area contributed by atoms with Gasteiger partial charge >= 0.3 is 0 Å². The Balaban J connectivity index is 1.66. The molecule has 1 N–H and O–H groups in total. The second-order valence-corrected chi connectivity index (χ2v) is 4.43. The van der Waals surface area contributed by atoms with Crippen molar-refractivity contribution in [1.82, 2.24) is 10.3 Å². The smallest absolute Gasteiger partial charge is 0.0403 e. The summed E-state index contributed by atoms with van der Waals surface area (Å²) in [6, 6.07) is 6.18. The number of rotatable bonds is 4. The minimum absolute atomic E-state index is 0.905. The van der Waals surface area contributed by atoms with E-state index in [0.717, 1.165) is 12.3 Å². The maximum absolute atomic E-state index is 4.35. The number of aryl methyl sites for hydroxylation is 1. The average Bonchev–Trinajstić information content (AvgIpc) is 2.32. The zero-order valence-electron chi connectivity index (χ0n) is 9.28. The van der Waals surface area contributed by atoms with Crippen molar-refractivity contribution in [3.63, 3.8) is 0 Å². The van der Waals surface area contributed by atoms with Gasteiger partial charge in [-0.05, 0) is 63.2 Å². The molecule has 82 valence electrons. The van der Waals surface area contributed by atoms with Crippen molar-refractivity contribution >= 4 is 0 Å². The summed E-state index contributed by atoms with van der Waals surface area (Å²) >= 11 is 0. The van der Waals surface area contributed by atoms with E-state index in [2.05, 4.69) is 22.4 Å². The fourth-order valence-electron chi connectivity index (χ4n) is 2.29. The van der Waals surface area contributed by atoms with E-state index < -0.39 is 0 Å². The lowest BCUT2D eigenvalue weighted by Gasteiger charge is -2.22. The minimum atomic E-state index is 0.905. The number of nitrogens with zero attached hydrogens (tertiary/aromatic N) is 1. The third-order valence-corrected chi connectivity index (χ3v) is 3.17. The number of nitrogens with one attached hydrogen (secondary N) is 1. The van der Waals surface area contributed by atoms with Gasteiger partial charge in [0.05, 0.1) is 0 Å². The topological polar surface area (TPSA) is 24.9 Å². The molecule has 2 heterocycles. The van der Waals surface area contributed by atoms with Crippen molar-refractivity contribution in [2.45, 2.75) is 32.1 Å². The molecule has 0 spiro atoms. The van der Waals surface area contributed by atoms with Crippen LogP contribution in [0.5, 0.6) is 0 Å². The van der Waals surface area contributed by atoms with Crippen LogP contribution in [0.3, 0.4) is 0 Å². The first kappa shape index (κ1) is 10.6. The Labute approximate surface area is 92.1 Å². The van der Waals surface area contributed by atoms with Crippen LogP contribution >= 0.6 is 0 Å². The first-order valence-electron chi connectivity index (χ1n) is 6.06. The van der Waals surface area contributed by atoms with Gasteiger partial charge in [0.1, 0.15) is 0 Å². The van der Waals surface area contributed by atoms with Crippen molar-refractivity contribution in [3.05, 3.63) is 30.1 Å². The lowest BCUT2D eigenvalue weighted by molar-refractivity contribution is 0.350. The molecule has 0 amide bonds. The van der Waals surface area contributed by atoms with E-state index in [0.29, 0.717) is 0 Å². The molecule has 2 rings (SSSR count). The molecule has 0 aromatic carbocycles. The van der Waals surface area contributed by atoms with Crippen LogP contribution in [0.1, 0.15) is 31.4 Å². The molecular formula is C13H20N2. The van der Waals surface area contributed by atoms with Gasteiger partial charge in [-0.25, -0.2) is 0 Å². The minimum Gasteiger partial charge on any atom is -0.316 e. The van der Waals surface area contributed by atoms with Crippen LogP contribution in [0.25, 0.3) is 0 Å². The Hall–Kier alpha value is -0.890. The van der Waals surface area contributed by atoms with Crippen LogP contribution in [-0.2, 0) is 6.42 Å². The standard InChI is InChI=1S/C13H20N2/c1-2-10-15-13(7-1)8-3-5-12-6-4-9-14-11-12/h1-2,7,10,12,14H,3-6,8-9,11H2. The summed E-state index contributed by atoms with van der Waals surface area (Å²) in [7, 11) is 0. The van der Waals surface area contributed by atoms with E-state index in [1.54, 1.807) is 0 Å². The predicted octanol–water partition coefficient (Wildman–Crippen LogP) is 2.40. The fourth-order valence-corrected chi connectivity index (χ4v) is 2.29. The van der Waals surface area contributed by atoms with Gasteiger partial charge in [0.2, 0.25) is 0 Å². The zero-order chi connectivity index (χ0) is 10.3. The maximum Gasteiger partial charge on any atom is 0.0403 e. The Morgan fingerprint density at radius 1 is 1.40 bits per heavy atom. The Morgan fingerprint density at radius 3 is 3.13 bits per heavy atom. The zero-order valence-corrected chi connectivity index (χ0v) is 9.28. The molecule has 2 heteroatoms. The van der Waals surface area contributed by atoms with Gasteiger partial charge in [-0.1, -0.05) is 6.07 Å². The molecule has 1 aliphatic heterocycles. The highest BCUT2D eigenvalue weighted by Gasteiger charge is 2.11. The summed E-state index contributed by atoms with van der Waals surface area (Å²) in [6.07, 6.45) is 8.42. The molecule has 1 aromatic heterocycles. The van der Waals surface area contributed by atoms with Crippen LogP contribution < -0.4 is 5.32 Å². The van der Waals surface area contributed by atoms with E-state index in [-0.39, 0.29) is 0 Å². The van der Waals surface area contributed by atoms with Crippen molar-refractivity contribution in [2.75, 3.05) is 13.1 Å². The number of aromatic nitrogens is 1. The monoisotopic (exact) mass is 204 g/mol. The second-order valence-electron chi connectivity index (χ2n) is 4.43. The number of hydrogen-bond donors (Lipinski definition) is 1. The normalized spacial score (nSPS) is 21.5. The van der Waals surface area contributed by atoms with Gasteiger partial charge in [-0.3, -0.25) is 4.98 Å². The molecular weight excluding hydrogens is 184 g/mol. The summed E-state index contributed by atoms with van der Waals surface area (Å²) in [6.45, 7) is 2.44. The summed E-state index contributed by atoms with van der Waals surface area (Å²) in [5.74, 6) is 0.905. The summed E-state index contributed by atoms with van der Waals surface area (Å²) in [5, 5.41) is 3.47. The van der Waals surface area contributed by atoms with Crippen LogP contribution in [0, 0.1) is 5.92 Å². The molecule has 1 aliphatic rings. The van der Waals surface area contributed by atoms with Gasteiger partial charge in [0, 0.05) is 11.9 Å². The van der Waals surface area contributed by atoms with E-state index in [4.69, 9.17) is 0 Å². The largest absolute Gasteiger partial charge is 0.316 e. The van der Waals surface area contributed by atoms with Crippen molar-refractivity contribution in [2.24, 2.45) is 5.92 Å². The van der Waals surface area contributed by atoms with Gasteiger partial charge in [-0.15, -0.1) is 0 Å². The molecule has 1 atom stereocenters. The molecule has 2 nitrogen and oxygen atoms in total. The molecule has 0 aliphatic carbocycles. The SMILES string of the molecule is c1ccc(CCCC2CCCNC2)nc1. The van der Waals surface area contributed by atoms with E-state index >= 15 is 0 Å². The highest BCUT2D eigenvalue weighted by atomic mass is 14.9.